The van der Waals surface area contributed by atoms with E-state index in [4.69, 9.17) is 9.47 Å². The van der Waals surface area contributed by atoms with Crippen LogP contribution in [0, 0.1) is 5.92 Å². The summed E-state index contributed by atoms with van der Waals surface area (Å²) < 4.78 is 39.0. The Balaban J connectivity index is 2.08. The van der Waals surface area contributed by atoms with Gasteiger partial charge in [0.2, 0.25) is 15.9 Å². The molecule has 0 saturated carbocycles. The van der Waals surface area contributed by atoms with Crippen molar-refractivity contribution in [2.45, 2.75) is 36.6 Å². The fourth-order valence-electron chi connectivity index (χ4n) is 2.49. The van der Waals surface area contributed by atoms with Crippen molar-refractivity contribution < 1.29 is 22.7 Å². The van der Waals surface area contributed by atoms with Crippen LogP contribution in [-0.4, -0.2) is 40.3 Å². The Labute approximate surface area is 182 Å². The molecule has 0 fully saturated rings. The van der Waals surface area contributed by atoms with E-state index in [9.17, 15) is 13.2 Å². The minimum absolute atomic E-state index is 0.0793. The average Bonchev–Trinajstić information content (AvgIpc) is 2.72. The van der Waals surface area contributed by atoms with Crippen LogP contribution in [0.5, 0.6) is 11.5 Å². The van der Waals surface area contributed by atoms with Gasteiger partial charge in [-0.2, -0.15) is 0 Å². The number of methoxy groups -OCH3 is 1. The highest BCUT2D eigenvalue weighted by molar-refractivity contribution is 7.98. The van der Waals surface area contributed by atoms with Crippen molar-refractivity contribution in [1.82, 2.24) is 4.72 Å². The number of carbonyl (C=O) groups is 1. The predicted molar refractivity (Wildman–Crippen MR) is 120 cm³/mol. The molecule has 2 N–H and O–H groups in total. The molecule has 0 radical (unpaired) electrons. The van der Waals surface area contributed by atoms with Gasteiger partial charge in [-0.05, 0) is 55.6 Å². The summed E-state index contributed by atoms with van der Waals surface area (Å²) in [4.78, 5) is 12.9. The average molecular weight is 453 g/mol. The first kappa shape index (κ1) is 24.0. The SMILES string of the molecule is COc1ccc(OC[C@@H](C)NS(=O)(=O)c2ccc(SC)c(NC(=O)C(C)C)c2)cc1. The zero-order valence-electron chi connectivity index (χ0n) is 17.8. The molecule has 164 valence electrons. The van der Waals surface area contributed by atoms with Crippen LogP contribution in [0.1, 0.15) is 20.8 Å². The van der Waals surface area contributed by atoms with E-state index < -0.39 is 16.1 Å². The lowest BCUT2D eigenvalue weighted by molar-refractivity contribution is -0.118. The van der Waals surface area contributed by atoms with Crippen molar-refractivity contribution in [2.75, 3.05) is 25.3 Å². The molecule has 2 aromatic rings. The first-order valence-corrected chi connectivity index (χ1v) is 12.1. The Hall–Kier alpha value is -2.23. The second kappa shape index (κ2) is 10.7. The van der Waals surface area contributed by atoms with Gasteiger partial charge in [-0.1, -0.05) is 13.8 Å². The Bertz CT molecular complexity index is 960. The number of hydrogen-bond acceptors (Lipinski definition) is 6. The second-order valence-electron chi connectivity index (χ2n) is 7.01. The third-order valence-electron chi connectivity index (χ3n) is 4.18. The van der Waals surface area contributed by atoms with E-state index in [0.717, 1.165) is 4.90 Å². The fraction of sp³-hybridized carbons (Fsp3) is 0.381. The largest absolute Gasteiger partial charge is 0.497 e. The maximum absolute atomic E-state index is 12.8. The summed E-state index contributed by atoms with van der Waals surface area (Å²) >= 11 is 1.43. The molecule has 0 heterocycles. The number of nitrogens with one attached hydrogen (secondary N) is 2. The molecule has 0 saturated heterocycles. The van der Waals surface area contributed by atoms with Crippen LogP contribution < -0.4 is 19.5 Å². The summed E-state index contributed by atoms with van der Waals surface area (Å²) in [6, 6.07) is 11.3. The number of rotatable bonds is 10. The number of hydrogen-bond donors (Lipinski definition) is 2. The van der Waals surface area contributed by atoms with Crippen LogP contribution in [0.2, 0.25) is 0 Å². The number of thioether (sulfide) groups is 1. The van der Waals surface area contributed by atoms with Gasteiger partial charge in [0.15, 0.2) is 0 Å². The molecule has 0 bridgehead atoms. The molecule has 0 aliphatic rings. The van der Waals surface area contributed by atoms with E-state index in [0.29, 0.717) is 17.2 Å². The highest BCUT2D eigenvalue weighted by Crippen LogP contribution is 2.28. The van der Waals surface area contributed by atoms with Crippen LogP contribution in [0.15, 0.2) is 52.3 Å². The molecular weight excluding hydrogens is 424 g/mol. The maximum Gasteiger partial charge on any atom is 0.241 e. The zero-order chi connectivity index (χ0) is 22.3. The van der Waals surface area contributed by atoms with Gasteiger partial charge < -0.3 is 14.8 Å². The highest BCUT2D eigenvalue weighted by atomic mass is 32.2. The minimum atomic E-state index is -3.79. The molecule has 0 aromatic heterocycles. The van der Waals surface area contributed by atoms with Crippen molar-refractivity contribution in [3.63, 3.8) is 0 Å². The summed E-state index contributed by atoms with van der Waals surface area (Å²) in [5.74, 6) is 0.942. The molecule has 9 heteroatoms. The van der Waals surface area contributed by atoms with Crippen molar-refractivity contribution in [3.05, 3.63) is 42.5 Å². The maximum atomic E-state index is 12.8. The lowest BCUT2D eigenvalue weighted by Crippen LogP contribution is -2.36. The van der Waals surface area contributed by atoms with Crippen molar-refractivity contribution in [1.29, 1.82) is 0 Å². The number of sulfonamides is 1. The lowest BCUT2D eigenvalue weighted by atomic mass is 10.2. The summed E-state index contributed by atoms with van der Waals surface area (Å²) in [5, 5.41) is 2.80. The van der Waals surface area contributed by atoms with Gasteiger partial charge in [-0.15, -0.1) is 11.8 Å². The Kier molecular flexibility index (Phi) is 8.57. The Morgan fingerprint density at radius 2 is 1.70 bits per heavy atom. The van der Waals surface area contributed by atoms with E-state index >= 15 is 0 Å². The van der Waals surface area contributed by atoms with E-state index in [1.54, 1.807) is 58.2 Å². The molecule has 0 aliphatic carbocycles. The van der Waals surface area contributed by atoms with Crippen molar-refractivity contribution in [2.24, 2.45) is 5.92 Å². The topological polar surface area (TPSA) is 93.7 Å². The lowest BCUT2D eigenvalue weighted by Gasteiger charge is -2.17. The van der Waals surface area contributed by atoms with Crippen molar-refractivity contribution >= 4 is 33.4 Å². The van der Waals surface area contributed by atoms with Crippen LogP contribution in [0.25, 0.3) is 0 Å². The summed E-state index contributed by atoms with van der Waals surface area (Å²) in [6.45, 7) is 5.44. The smallest absolute Gasteiger partial charge is 0.241 e. The highest BCUT2D eigenvalue weighted by Gasteiger charge is 2.20. The molecule has 30 heavy (non-hydrogen) atoms. The van der Waals surface area contributed by atoms with Gasteiger partial charge in [0, 0.05) is 10.8 Å². The summed E-state index contributed by atoms with van der Waals surface area (Å²) in [7, 11) is -2.21. The van der Waals surface area contributed by atoms with Gasteiger partial charge in [0.05, 0.1) is 23.7 Å². The quantitative estimate of drug-likeness (QED) is 0.533. The van der Waals surface area contributed by atoms with Gasteiger partial charge in [0.1, 0.15) is 18.1 Å². The standard InChI is InChI=1S/C21H28N2O5S2/c1-14(2)21(24)22-19-12-18(10-11-20(19)29-5)30(25,26)23-15(3)13-28-17-8-6-16(27-4)7-9-17/h6-12,14-15,23H,13H2,1-5H3,(H,22,24)/t15-/m1/s1. The number of anilines is 1. The number of amides is 1. The Morgan fingerprint density at radius 3 is 2.27 bits per heavy atom. The normalized spacial score (nSPS) is 12.5. The monoisotopic (exact) mass is 452 g/mol. The first-order chi connectivity index (χ1) is 14.2. The molecule has 0 spiro atoms. The Morgan fingerprint density at radius 1 is 1.07 bits per heavy atom. The molecular formula is C21H28N2O5S2. The summed E-state index contributed by atoms with van der Waals surface area (Å²) in [6.07, 6.45) is 1.87. The van der Waals surface area contributed by atoms with E-state index in [1.165, 1.54) is 23.9 Å². The molecule has 7 nitrogen and oxygen atoms in total. The van der Waals surface area contributed by atoms with Crippen LogP contribution in [0.3, 0.4) is 0 Å². The van der Waals surface area contributed by atoms with Gasteiger partial charge in [-0.3, -0.25) is 4.79 Å². The van der Waals surface area contributed by atoms with Crippen LogP contribution >= 0.6 is 11.8 Å². The number of ether oxygens (including phenoxy) is 2. The van der Waals surface area contributed by atoms with Crippen LogP contribution in [0.4, 0.5) is 5.69 Å². The second-order valence-corrected chi connectivity index (χ2v) is 9.58. The molecule has 2 aromatic carbocycles. The van der Waals surface area contributed by atoms with E-state index in [2.05, 4.69) is 10.0 Å². The van der Waals surface area contributed by atoms with E-state index in [1.807, 2.05) is 6.26 Å². The molecule has 0 unspecified atom stereocenters. The fourth-order valence-corrected chi connectivity index (χ4v) is 4.28. The zero-order valence-corrected chi connectivity index (χ0v) is 19.4. The van der Waals surface area contributed by atoms with E-state index in [-0.39, 0.29) is 23.3 Å². The molecule has 1 atom stereocenters. The predicted octanol–water partition coefficient (Wildman–Crippen LogP) is 3.76. The molecule has 2 rings (SSSR count). The van der Waals surface area contributed by atoms with Gasteiger partial charge in [-0.25, -0.2) is 13.1 Å². The van der Waals surface area contributed by atoms with Crippen molar-refractivity contribution in [3.8, 4) is 11.5 Å². The summed E-state index contributed by atoms with van der Waals surface area (Å²) in [5.41, 5.74) is 0.478. The third-order valence-corrected chi connectivity index (χ3v) is 6.56. The third kappa shape index (κ3) is 6.65. The molecule has 0 aliphatic heterocycles. The van der Waals surface area contributed by atoms with Gasteiger partial charge in [0.25, 0.3) is 0 Å². The first-order valence-electron chi connectivity index (χ1n) is 9.44. The number of benzene rings is 2. The minimum Gasteiger partial charge on any atom is -0.497 e. The van der Waals surface area contributed by atoms with Crippen LogP contribution in [-0.2, 0) is 14.8 Å². The number of carbonyl (C=O) groups excluding carboxylic acids is 1. The molecule has 1 amide bonds. The van der Waals surface area contributed by atoms with Gasteiger partial charge >= 0.3 is 0 Å².